The molecule has 2 nitrogen and oxygen atoms in total. The lowest BCUT2D eigenvalue weighted by atomic mass is 9.95. The first kappa shape index (κ1) is 29.0. The fourth-order valence-electron chi connectivity index (χ4n) is 6.64. The van der Waals surface area contributed by atoms with Crippen LogP contribution in [0.15, 0.2) is 182 Å². The van der Waals surface area contributed by atoms with Gasteiger partial charge in [0.1, 0.15) is 4.83 Å². The summed E-state index contributed by atoms with van der Waals surface area (Å²) < 4.78 is 1.22. The predicted molar refractivity (Wildman–Crippen MR) is 208 cm³/mol. The molecule has 2 aromatic heterocycles. The van der Waals surface area contributed by atoms with Crippen LogP contribution in [0.2, 0.25) is 0 Å². The van der Waals surface area contributed by atoms with Crippen LogP contribution in [0, 0.1) is 0 Å². The molecular formula is C46H30N2S. The first-order chi connectivity index (χ1) is 24.3. The lowest BCUT2D eigenvalue weighted by Gasteiger charge is -2.11. The lowest BCUT2D eigenvalue weighted by Crippen LogP contribution is -1.94. The van der Waals surface area contributed by atoms with E-state index in [0.717, 1.165) is 44.0 Å². The highest BCUT2D eigenvalue weighted by molar-refractivity contribution is 7.25. The summed E-state index contributed by atoms with van der Waals surface area (Å²) in [5, 5.41) is 2.32. The van der Waals surface area contributed by atoms with Crippen LogP contribution in [0.3, 0.4) is 0 Å². The highest BCUT2D eigenvalue weighted by Gasteiger charge is 2.17. The van der Waals surface area contributed by atoms with E-state index in [1.165, 1.54) is 43.5 Å². The summed E-state index contributed by atoms with van der Waals surface area (Å²) in [6.07, 6.45) is 0. The van der Waals surface area contributed by atoms with Gasteiger partial charge in [-0.25, -0.2) is 9.97 Å². The van der Waals surface area contributed by atoms with Gasteiger partial charge < -0.3 is 0 Å². The van der Waals surface area contributed by atoms with Crippen LogP contribution in [-0.2, 0) is 0 Å². The Labute approximate surface area is 289 Å². The maximum Gasteiger partial charge on any atom is 0.161 e. The van der Waals surface area contributed by atoms with Crippen molar-refractivity contribution >= 4 is 31.6 Å². The standard InChI is InChI=1S/C46H30N2S/c1-3-12-31(13-4-1)32-24-26-33(27-25-32)35-16-9-17-36(28-35)37-18-10-19-38(29-37)39-20-11-21-40(30-39)45-47-44(34-14-5-2-6-15-34)43-41-22-7-8-23-42(41)49-46(43)48-45/h1-30H. The van der Waals surface area contributed by atoms with E-state index in [2.05, 4.69) is 176 Å². The molecule has 0 unspecified atom stereocenters. The Morgan fingerprint density at radius 2 is 0.755 bits per heavy atom. The molecule has 9 aromatic rings. The van der Waals surface area contributed by atoms with Crippen LogP contribution in [0.1, 0.15) is 0 Å². The SMILES string of the molecule is c1ccc(-c2ccc(-c3cccc(-c4cccc(-c5cccc(-c6nc(-c7ccccc7)c7c(n6)sc6ccccc67)c5)c4)c3)cc2)cc1. The minimum atomic E-state index is 0.738. The molecule has 0 aliphatic rings. The normalized spacial score (nSPS) is 11.3. The third-order valence-electron chi connectivity index (χ3n) is 9.12. The average molecular weight is 643 g/mol. The summed E-state index contributed by atoms with van der Waals surface area (Å²) in [6, 6.07) is 64.5. The molecule has 0 aliphatic heterocycles. The first-order valence-corrected chi connectivity index (χ1v) is 17.3. The van der Waals surface area contributed by atoms with E-state index in [1.807, 2.05) is 6.07 Å². The summed E-state index contributed by atoms with van der Waals surface area (Å²) in [6.45, 7) is 0. The van der Waals surface area contributed by atoms with Crippen molar-refractivity contribution in [3.63, 3.8) is 0 Å². The van der Waals surface area contributed by atoms with Crippen molar-refractivity contribution in [3.8, 4) is 67.2 Å². The topological polar surface area (TPSA) is 25.8 Å². The zero-order chi connectivity index (χ0) is 32.6. The molecular weight excluding hydrogens is 613 g/mol. The quantitative estimate of drug-likeness (QED) is 0.180. The van der Waals surface area contributed by atoms with Gasteiger partial charge in [0.05, 0.1) is 5.69 Å². The van der Waals surface area contributed by atoms with E-state index in [9.17, 15) is 0 Å². The molecule has 0 aliphatic carbocycles. The first-order valence-electron chi connectivity index (χ1n) is 16.5. The molecule has 230 valence electrons. The van der Waals surface area contributed by atoms with Gasteiger partial charge in [-0.3, -0.25) is 0 Å². The number of hydrogen-bond donors (Lipinski definition) is 0. The van der Waals surface area contributed by atoms with Gasteiger partial charge in [0, 0.05) is 26.6 Å². The Morgan fingerprint density at radius 1 is 0.327 bits per heavy atom. The van der Waals surface area contributed by atoms with Crippen LogP contribution in [0.5, 0.6) is 0 Å². The van der Waals surface area contributed by atoms with Crippen molar-refractivity contribution in [1.29, 1.82) is 0 Å². The third-order valence-corrected chi connectivity index (χ3v) is 10.2. The summed E-state index contributed by atoms with van der Waals surface area (Å²) in [5.41, 5.74) is 12.6. The van der Waals surface area contributed by atoms with E-state index in [1.54, 1.807) is 11.3 Å². The molecule has 0 fully saturated rings. The second kappa shape index (κ2) is 12.5. The van der Waals surface area contributed by atoms with Gasteiger partial charge in [0.25, 0.3) is 0 Å². The number of aromatic nitrogens is 2. The van der Waals surface area contributed by atoms with Crippen LogP contribution < -0.4 is 0 Å². The minimum Gasteiger partial charge on any atom is -0.227 e. The zero-order valence-electron chi connectivity index (χ0n) is 26.6. The van der Waals surface area contributed by atoms with Gasteiger partial charge in [-0.15, -0.1) is 11.3 Å². The molecule has 0 N–H and O–H groups in total. The van der Waals surface area contributed by atoms with Gasteiger partial charge in [0.15, 0.2) is 5.82 Å². The molecule has 2 heterocycles. The van der Waals surface area contributed by atoms with E-state index >= 15 is 0 Å². The second-order valence-corrected chi connectivity index (χ2v) is 13.3. The zero-order valence-corrected chi connectivity index (χ0v) is 27.4. The number of hydrogen-bond acceptors (Lipinski definition) is 3. The van der Waals surface area contributed by atoms with Gasteiger partial charge in [-0.1, -0.05) is 158 Å². The van der Waals surface area contributed by atoms with Crippen LogP contribution in [0.25, 0.3) is 87.5 Å². The molecule has 0 bridgehead atoms. The van der Waals surface area contributed by atoms with E-state index in [0.29, 0.717) is 0 Å². The summed E-state index contributed by atoms with van der Waals surface area (Å²) in [5.74, 6) is 0.738. The minimum absolute atomic E-state index is 0.738. The van der Waals surface area contributed by atoms with E-state index in [4.69, 9.17) is 9.97 Å². The molecule has 0 spiro atoms. The van der Waals surface area contributed by atoms with Crippen LogP contribution >= 0.6 is 11.3 Å². The Bertz CT molecular complexity index is 2590. The Balaban J connectivity index is 1.07. The Hall–Kier alpha value is -6.16. The Kier molecular flexibility index (Phi) is 7.38. The van der Waals surface area contributed by atoms with Crippen molar-refractivity contribution in [2.24, 2.45) is 0 Å². The average Bonchev–Trinajstić information content (AvgIpc) is 3.57. The fraction of sp³-hybridized carbons (Fsp3) is 0. The maximum absolute atomic E-state index is 5.22. The fourth-order valence-corrected chi connectivity index (χ4v) is 7.71. The highest BCUT2D eigenvalue weighted by Crippen LogP contribution is 2.40. The third kappa shape index (κ3) is 5.61. The van der Waals surface area contributed by atoms with E-state index < -0.39 is 0 Å². The number of rotatable bonds is 6. The Morgan fingerprint density at radius 3 is 1.37 bits per heavy atom. The monoisotopic (exact) mass is 642 g/mol. The van der Waals surface area contributed by atoms with Crippen molar-refractivity contribution in [2.45, 2.75) is 0 Å². The van der Waals surface area contributed by atoms with E-state index in [-0.39, 0.29) is 0 Å². The molecule has 3 heteroatoms. The smallest absolute Gasteiger partial charge is 0.161 e. The largest absolute Gasteiger partial charge is 0.227 e. The molecule has 9 rings (SSSR count). The second-order valence-electron chi connectivity index (χ2n) is 12.2. The van der Waals surface area contributed by atoms with Gasteiger partial charge in [-0.2, -0.15) is 0 Å². The molecule has 49 heavy (non-hydrogen) atoms. The van der Waals surface area contributed by atoms with Crippen molar-refractivity contribution in [2.75, 3.05) is 0 Å². The van der Waals surface area contributed by atoms with Crippen LogP contribution in [-0.4, -0.2) is 9.97 Å². The van der Waals surface area contributed by atoms with Crippen molar-refractivity contribution < 1.29 is 0 Å². The van der Waals surface area contributed by atoms with Gasteiger partial charge in [0.2, 0.25) is 0 Å². The molecule has 0 radical (unpaired) electrons. The summed E-state index contributed by atoms with van der Waals surface area (Å²) >= 11 is 1.73. The molecule has 0 saturated heterocycles. The number of nitrogens with zero attached hydrogens (tertiary/aromatic N) is 2. The maximum atomic E-state index is 5.22. The molecule has 0 amide bonds. The predicted octanol–water partition coefficient (Wildman–Crippen LogP) is 12.8. The summed E-state index contributed by atoms with van der Waals surface area (Å²) in [4.78, 5) is 11.4. The number of benzene rings is 7. The number of fused-ring (bicyclic) bond motifs is 3. The van der Waals surface area contributed by atoms with Crippen molar-refractivity contribution in [1.82, 2.24) is 9.97 Å². The molecule has 7 aromatic carbocycles. The van der Waals surface area contributed by atoms with Crippen LogP contribution in [0.4, 0.5) is 0 Å². The van der Waals surface area contributed by atoms with Gasteiger partial charge in [-0.05, 0) is 68.8 Å². The highest BCUT2D eigenvalue weighted by atomic mass is 32.1. The molecule has 0 saturated carbocycles. The number of thiophene rings is 1. The van der Waals surface area contributed by atoms with Gasteiger partial charge >= 0.3 is 0 Å². The summed E-state index contributed by atoms with van der Waals surface area (Å²) in [7, 11) is 0. The molecule has 0 atom stereocenters. The lowest BCUT2D eigenvalue weighted by molar-refractivity contribution is 1.24. The van der Waals surface area contributed by atoms with Crippen molar-refractivity contribution in [3.05, 3.63) is 182 Å².